The fraction of sp³-hybridized carbons (Fsp3) is 0.167. The molecule has 2 N–H and O–H groups in total. The van der Waals surface area contributed by atoms with E-state index in [2.05, 4.69) is 10.3 Å². The number of carbonyl (C=O) groups excluding carboxylic acids is 1. The van der Waals surface area contributed by atoms with E-state index in [0.717, 1.165) is 10.9 Å². The monoisotopic (exact) mass is 269 g/mol. The zero-order valence-electron chi connectivity index (χ0n) is 9.66. The molecule has 0 fully saturated rings. The molecule has 0 radical (unpaired) electrons. The van der Waals surface area contributed by atoms with Gasteiger partial charge >= 0.3 is 12.2 Å². The van der Waals surface area contributed by atoms with Crippen LogP contribution in [-0.4, -0.2) is 23.7 Å². The average Bonchev–Trinajstić information content (AvgIpc) is 2.35. The number of hydrogen-bond acceptors (Lipinski definition) is 2. The number of halogens is 3. The maximum atomic E-state index is 11.9. The molecule has 7 heteroatoms. The lowest BCUT2D eigenvalue weighted by Gasteiger charge is -2.09. The van der Waals surface area contributed by atoms with E-state index in [1.807, 2.05) is 6.07 Å². The van der Waals surface area contributed by atoms with Crippen molar-refractivity contribution in [3.05, 3.63) is 36.5 Å². The number of benzene rings is 1. The van der Waals surface area contributed by atoms with Crippen LogP contribution in [0, 0.1) is 0 Å². The van der Waals surface area contributed by atoms with Gasteiger partial charge in [0.15, 0.2) is 0 Å². The van der Waals surface area contributed by atoms with E-state index >= 15 is 0 Å². The minimum absolute atomic E-state index is 0.332. The first-order valence-electron chi connectivity index (χ1n) is 5.40. The second kappa shape index (κ2) is 5.13. The van der Waals surface area contributed by atoms with E-state index in [4.69, 9.17) is 0 Å². The molecule has 0 unspecified atom stereocenters. The first-order chi connectivity index (χ1) is 8.94. The molecule has 2 amide bonds. The molecule has 1 heterocycles. The van der Waals surface area contributed by atoms with Gasteiger partial charge in [-0.3, -0.25) is 4.98 Å². The van der Waals surface area contributed by atoms with Crippen molar-refractivity contribution in [1.82, 2.24) is 10.3 Å². The molecule has 0 saturated carbocycles. The number of pyridine rings is 1. The summed E-state index contributed by atoms with van der Waals surface area (Å²) in [6, 6.07) is 7.92. The van der Waals surface area contributed by atoms with Gasteiger partial charge in [0.1, 0.15) is 6.54 Å². The maximum absolute atomic E-state index is 11.9. The van der Waals surface area contributed by atoms with Gasteiger partial charge in [0.25, 0.3) is 0 Å². The molecule has 1 aromatic carbocycles. The second-order valence-electron chi connectivity index (χ2n) is 3.84. The summed E-state index contributed by atoms with van der Waals surface area (Å²) in [7, 11) is 0. The summed E-state index contributed by atoms with van der Waals surface area (Å²) < 4.78 is 35.7. The minimum atomic E-state index is -4.43. The lowest BCUT2D eigenvalue weighted by molar-refractivity contribution is -0.122. The van der Waals surface area contributed by atoms with Gasteiger partial charge in [-0.25, -0.2) is 4.79 Å². The molecule has 0 saturated heterocycles. The Labute approximate surface area is 106 Å². The van der Waals surface area contributed by atoms with Crippen LogP contribution in [0.4, 0.5) is 23.7 Å². The Morgan fingerprint density at radius 3 is 2.74 bits per heavy atom. The largest absolute Gasteiger partial charge is 0.405 e. The van der Waals surface area contributed by atoms with Crippen molar-refractivity contribution in [2.45, 2.75) is 6.18 Å². The summed E-state index contributed by atoms with van der Waals surface area (Å²) in [4.78, 5) is 15.3. The van der Waals surface area contributed by atoms with Gasteiger partial charge in [-0.1, -0.05) is 18.2 Å². The fourth-order valence-electron chi connectivity index (χ4n) is 1.50. The van der Waals surface area contributed by atoms with Crippen LogP contribution in [0.1, 0.15) is 0 Å². The number of anilines is 1. The average molecular weight is 269 g/mol. The molecule has 0 spiro atoms. The van der Waals surface area contributed by atoms with Crippen LogP contribution in [0.2, 0.25) is 0 Å². The molecule has 0 atom stereocenters. The van der Waals surface area contributed by atoms with Gasteiger partial charge in [0.2, 0.25) is 0 Å². The lowest BCUT2D eigenvalue weighted by atomic mass is 10.2. The highest BCUT2D eigenvalue weighted by atomic mass is 19.4. The molecule has 2 aromatic rings. The van der Waals surface area contributed by atoms with Gasteiger partial charge in [-0.05, 0) is 12.1 Å². The van der Waals surface area contributed by atoms with Gasteiger partial charge < -0.3 is 10.6 Å². The fourth-order valence-corrected chi connectivity index (χ4v) is 1.50. The molecule has 0 aliphatic heterocycles. The predicted octanol–water partition coefficient (Wildman–Crippen LogP) is 2.92. The van der Waals surface area contributed by atoms with Crippen molar-refractivity contribution in [2.75, 3.05) is 11.9 Å². The van der Waals surface area contributed by atoms with E-state index in [1.54, 1.807) is 29.6 Å². The smallest absolute Gasteiger partial charge is 0.329 e. The molecule has 0 aliphatic carbocycles. The number of carbonyl (C=O) groups is 1. The van der Waals surface area contributed by atoms with E-state index in [-0.39, 0.29) is 0 Å². The van der Waals surface area contributed by atoms with Crippen molar-refractivity contribution in [1.29, 1.82) is 0 Å². The normalized spacial score (nSPS) is 11.3. The number of nitrogens with zero attached hydrogens (tertiary/aromatic N) is 1. The molecule has 2 rings (SSSR count). The highest BCUT2D eigenvalue weighted by Gasteiger charge is 2.27. The molecule has 4 nitrogen and oxygen atoms in total. The molecule has 0 bridgehead atoms. The first kappa shape index (κ1) is 13.1. The van der Waals surface area contributed by atoms with Crippen LogP contribution >= 0.6 is 0 Å². The first-order valence-corrected chi connectivity index (χ1v) is 5.40. The van der Waals surface area contributed by atoms with Crippen molar-refractivity contribution >= 4 is 22.6 Å². The number of amides is 2. The Balaban J connectivity index is 2.03. The third kappa shape index (κ3) is 3.84. The highest BCUT2D eigenvalue weighted by Crippen LogP contribution is 2.16. The number of alkyl halides is 3. The summed E-state index contributed by atoms with van der Waals surface area (Å²) in [6.45, 7) is -1.38. The Morgan fingerprint density at radius 2 is 2.00 bits per heavy atom. The van der Waals surface area contributed by atoms with Crippen molar-refractivity contribution < 1.29 is 18.0 Å². The number of rotatable bonds is 2. The van der Waals surface area contributed by atoms with Crippen LogP contribution < -0.4 is 10.6 Å². The maximum Gasteiger partial charge on any atom is 0.405 e. The van der Waals surface area contributed by atoms with E-state index in [9.17, 15) is 18.0 Å². The van der Waals surface area contributed by atoms with Crippen LogP contribution in [0.3, 0.4) is 0 Å². The standard InChI is InChI=1S/C12H10F3N3O/c13-12(14,15)7-17-11(19)18-9-5-8-3-1-2-4-10(8)16-6-9/h1-6H,7H2,(H2,17,18,19). The number of fused-ring (bicyclic) bond motifs is 1. The van der Waals surface area contributed by atoms with Crippen LogP contribution in [0.5, 0.6) is 0 Å². The van der Waals surface area contributed by atoms with Gasteiger partial charge in [-0.15, -0.1) is 0 Å². The van der Waals surface area contributed by atoms with Crippen molar-refractivity contribution in [3.63, 3.8) is 0 Å². The van der Waals surface area contributed by atoms with Gasteiger partial charge in [-0.2, -0.15) is 13.2 Å². The summed E-state index contributed by atoms with van der Waals surface area (Å²) >= 11 is 0. The van der Waals surface area contributed by atoms with Crippen LogP contribution in [0.15, 0.2) is 36.5 Å². The Bertz CT molecular complexity index is 598. The summed E-state index contributed by atoms with van der Waals surface area (Å²) in [5.74, 6) is 0. The molecular weight excluding hydrogens is 259 g/mol. The number of hydrogen-bond donors (Lipinski definition) is 2. The van der Waals surface area contributed by atoms with Crippen molar-refractivity contribution in [3.8, 4) is 0 Å². The Kier molecular flexibility index (Phi) is 3.55. The summed E-state index contributed by atoms with van der Waals surface area (Å²) in [5, 5.41) is 4.80. The van der Waals surface area contributed by atoms with Crippen LogP contribution in [0.25, 0.3) is 10.9 Å². The molecular formula is C12H10F3N3O. The van der Waals surface area contributed by atoms with Gasteiger partial charge in [0, 0.05) is 5.39 Å². The topological polar surface area (TPSA) is 54.0 Å². The summed E-state index contributed by atoms with van der Waals surface area (Å²) in [6.07, 6.45) is -3.05. The number of para-hydroxylation sites is 1. The Morgan fingerprint density at radius 1 is 1.26 bits per heavy atom. The number of aromatic nitrogens is 1. The third-order valence-corrected chi connectivity index (χ3v) is 2.30. The highest BCUT2D eigenvalue weighted by molar-refractivity contribution is 5.91. The molecule has 19 heavy (non-hydrogen) atoms. The SMILES string of the molecule is O=C(NCC(F)(F)F)Nc1cnc2ccccc2c1. The quantitative estimate of drug-likeness (QED) is 0.880. The number of nitrogens with one attached hydrogen (secondary N) is 2. The second-order valence-corrected chi connectivity index (χ2v) is 3.84. The number of urea groups is 1. The predicted molar refractivity (Wildman–Crippen MR) is 64.8 cm³/mol. The van der Waals surface area contributed by atoms with Crippen LogP contribution in [-0.2, 0) is 0 Å². The zero-order chi connectivity index (χ0) is 13.9. The lowest BCUT2D eigenvalue weighted by Crippen LogP contribution is -2.36. The van der Waals surface area contributed by atoms with Gasteiger partial charge in [0.05, 0.1) is 17.4 Å². The van der Waals surface area contributed by atoms with E-state index in [0.29, 0.717) is 5.69 Å². The molecule has 100 valence electrons. The van der Waals surface area contributed by atoms with E-state index in [1.165, 1.54) is 6.20 Å². The minimum Gasteiger partial charge on any atom is -0.329 e. The Hall–Kier alpha value is -2.31. The van der Waals surface area contributed by atoms with E-state index < -0.39 is 18.8 Å². The third-order valence-electron chi connectivity index (χ3n) is 2.30. The molecule has 1 aromatic heterocycles. The zero-order valence-corrected chi connectivity index (χ0v) is 9.66. The summed E-state index contributed by atoms with van der Waals surface area (Å²) in [5.41, 5.74) is 1.07. The van der Waals surface area contributed by atoms with Crippen molar-refractivity contribution in [2.24, 2.45) is 0 Å². The molecule has 0 aliphatic rings.